The number of carboxylic acids is 1. The molecule has 1 N–H and O–H groups in total. The number of rotatable bonds is 4. The number of Topliss-reactive ketones (excluding diaryl/α,β-unsaturated/α-hetero) is 1. The van der Waals surface area contributed by atoms with Gasteiger partial charge >= 0.3 is 5.97 Å². The van der Waals surface area contributed by atoms with Gasteiger partial charge < -0.3 is 14.6 Å². The van der Waals surface area contributed by atoms with E-state index in [9.17, 15) is 9.59 Å². The summed E-state index contributed by atoms with van der Waals surface area (Å²) in [4.78, 5) is 22.2. The largest absolute Gasteiger partial charge is 0.493 e. The lowest BCUT2D eigenvalue weighted by Gasteiger charge is -2.14. The van der Waals surface area contributed by atoms with E-state index in [1.807, 2.05) is 0 Å². The predicted molar refractivity (Wildman–Crippen MR) is 63.9 cm³/mol. The number of hydrogen-bond acceptors (Lipinski definition) is 4. The van der Waals surface area contributed by atoms with Crippen LogP contribution in [0.1, 0.15) is 15.9 Å². The molecule has 0 radical (unpaired) electrons. The number of halogens is 1. The van der Waals surface area contributed by atoms with Crippen LogP contribution in [0.4, 0.5) is 0 Å². The number of ether oxygens (including phenoxy) is 2. The fourth-order valence-electron chi connectivity index (χ4n) is 1.52. The van der Waals surface area contributed by atoms with Crippen LogP contribution in [0.2, 0.25) is 0 Å². The molecule has 92 valence electrons. The maximum absolute atomic E-state index is 11.5. The highest BCUT2D eigenvalue weighted by atomic mass is 79.9. The standard InChI is InChI=1S/C11H11BrO5/c1-5-8(9(13)11(14)15)6(12)4-7(16-2)10(5)17-3/h4H,1-3H3,(H,14,15). The summed E-state index contributed by atoms with van der Waals surface area (Å²) in [5.74, 6) is -1.73. The molecule has 0 spiro atoms. The highest BCUT2D eigenvalue weighted by Crippen LogP contribution is 2.37. The molecule has 1 aromatic carbocycles. The molecule has 5 nitrogen and oxygen atoms in total. The first-order valence-electron chi connectivity index (χ1n) is 4.62. The molecule has 0 saturated heterocycles. The number of hydrogen-bond donors (Lipinski definition) is 1. The summed E-state index contributed by atoms with van der Waals surface area (Å²) in [7, 11) is 2.89. The summed E-state index contributed by atoms with van der Waals surface area (Å²) in [6.07, 6.45) is 0. The van der Waals surface area contributed by atoms with Gasteiger partial charge in [-0.3, -0.25) is 4.79 Å². The number of aliphatic carboxylic acids is 1. The zero-order chi connectivity index (χ0) is 13.2. The first kappa shape index (κ1) is 13.5. The molecule has 0 saturated carbocycles. The Morgan fingerprint density at radius 1 is 1.29 bits per heavy atom. The average molecular weight is 303 g/mol. The third-order valence-corrected chi connectivity index (χ3v) is 2.91. The molecule has 0 aliphatic heterocycles. The fourth-order valence-corrected chi connectivity index (χ4v) is 2.21. The van der Waals surface area contributed by atoms with Crippen LogP contribution in [0.25, 0.3) is 0 Å². The Kier molecular flexibility index (Phi) is 4.11. The number of carboxylic acid groups (broad SMARTS) is 1. The molecule has 0 amide bonds. The van der Waals surface area contributed by atoms with E-state index in [2.05, 4.69) is 15.9 Å². The summed E-state index contributed by atoms with van der Waals surface area (Å²) < 4.78 is 10.5. The Labute approximate surface area is 106 Å². The number of methoxy groups -OCH3 is 2. The Morgan fingerprint density at radius 3 is 2.29 bits per heavy atom. The Balaban J connectivity index is 3.52. The van der Waals surface area contributed by atoms with E-state index in [1.54, 1.807) is 6.92 Å². The van der Waals surface area contributed by atoms with Gasteiger partial charge in [0.2, 0.25) is 0 Å². The summed E-state index contributed by atoms with van der Waals surface area (Å²) in [6.45, 7) is 1.60. The Morgan fingerprint density at radius 2 is 1.88 bits per heavy atom. The van der Waals surface area contributed by atoms with E-state index < -0.39 is 11.8 Å². The van der Waals surface area contributed by atoms with Gasteiger partial charge in [-0.1, -0.05) is 0 Å². The lowest BCUT2D eigenvalue weighted by molar-refractivity contribution is -0.131. The predicted octanol–water partition coefficient (Wildman–Crippen LogP) is 2.04. The monoisotopic (exact) mass is 302 g/mol. The van der Waals surface area contributed by atoms with E-state index in [0.717, 1.165) is 0 Å². The van der Waals surface area contributed by atoms with Crippen LogP contribution in [0.5, 0.6) is 11.5 Å². The van der Waals surface area contributed by atoms with Crippen molar-refractivity contribution in [3.63, 3.8) is 0 Å². The summed E-state index contributed by atoms with van der Waals surface area (Å²) in [6, 6.07) is 1.50. The molecule has 0 bridgehead atoms. The molecule has 17 heavy (non-hydrogen) atoms. The Bertz CT molecular complexity index is 481. The van der Waals surface area contributed by atoms with Crippen molar-refractivity contribution in [2.75, 3.05) is 14.2 Å². The maximum atomic E-state index is 11.5. The SMILES string of the molecule is COc1cc(Br)c(C(=O)C(=O)O)c(C)c1OC. The van der Waals surface area contributed by atoms with E-state index in [-0.39, 0.29) is 5.56 Å². The lowest BCUT2D eigenvalue weighted by Crippen LogP contribution is -2.15. The third-order valence-electron chi connectivity index (χ3n) is 2.28. The summed E-state index contributed by atoms with van der Waals surface area (Å²) in [5.41, 5.74) is 0.487. The molecule has 0 heterocycles. The van der Waals surface area contributed by atoms with Crippen LogP contribution in [0.3, 0.4) is 0 Å². The van der Waals surface area contributed by atoms with Crippen LogP contribution < -0.4 is 9.47 Å². The molecule has 0 atom stereocenters. The number of ketones is 1. The molecule has 1 aromatic rings. The van der Waals surface area contributed by atoms with Gasteiger partial charge in [0.05, 0.1) is 19.8 Å². The Hall–Kier alpha value is -1.56. The molecule has 0 unspecified atom stereocenters. The zero-order valence-electron chi connectivity index (χ0n) is 9.54. The van der Waals surface area contributed by atoms with Crippen LogP contribution in [0, 0.1) is 6.92 Å². The van der Waals surface area contributed by atoms with E-state index in [1.165, 1.54) is 20.3 Å². The molecule has 6 heteroatoms. The second kappa shape index (κ2) is 5.18. The van der Waals surface area contributed by atoms with Crippen molar-refractivity contribution in [3.8, 4) is 11.5 Å². The van der Waals surface area contributed by atoms with Crippen LogP contribution in [-0.2, 0) is 4.79 Å². The quantitative estimate of drug-likeness (QED) is 0.680. The van der Waals surface area contributed by atoms with Gasteiger partial charge in [0.15, 0.2) is 11.5 Å². The molecule has 0 fully saturated rings. The van der Waals surface area contributed by atoms with Gasteiger partial charge in [0, 0.05) is 10.0 Å². The molecule has 0 aliphatic carbocycles. The van der Waals surface area contributed by atoms with Crippen LogP contribution in [0.15, 0.2) is 10.5 Å². The van der Waals surface area contributed by atoms with E-state index in [0.29, 0.717) is 21.5 Å². The second-order valence-corrected chi connectivity index (χ2v) is 4.08. The second-order valence-electron chi connectivity index (χ2n) is 3.23. The first-order valence-corrected chi connectivity index (χ1v) is 5.42. The van der Waals surface area contributed by atoms with Gasteiger partial charge in [-0.05, 0) is 28.9 Å². The van der Waals surface area contributed by atoms with Crippen LogP contribution in [-0.4, -0.2) is 31.1 Å². The highest BCUT2D eigenvalue weighted by molar-refractivity contribution is 9.10. The van der Waals surface area contributed by atoms with Crippen LogP contribution >= 0.6 is 15.9 Å². The minimum atomic E-state index is -1.51. The van der Waals surface area contributed by atoms with Gasteiger partial charge in [0.1, 0.15) is 0 Å². The smallest absolute Gasteiger partial charge is 0.377 e. The van der Waals surface area contributed by atoms with Crippen molar-refractivity contribution in [2.24, 2.45) is 0 Å². The molecular formula is C11H11BrO5. The van der Waals surface area contributed by atoms with E-state index >= 15 is 0 Å². The van der Waals surface area contributed by atoms with Crippen molar-refractivity contribution < 1.29 is 24.2 Å². The van der Waals surface area contributed by atoms with Crippen molar-refractivity contribution in [3.05, 3.63) is 21.7 Å². The number of carbonyl (C=O) groups excluding carboxylic acids is 1. The first-order chi connectivity index (χ1) is 7.93. The maximum Gasteiger partial charge on any atom is 0.377 e. The molecule has 0 aliphatic rings. The van der Waals surface area contributed by atoms with Crippen molar-refractivity contribution in [1.29, 1.82) is 0 Å². The third kappa shape index (κ3) is 2.41. The number of carbonyl (C=O) groups is 2. The molecular weight excluding hydrogens is 292 g/mol. The van der Waals surface area contributed by atoms with Gasteiger partial charge in [0.25, 0.3) is 5.78 Å². The van der Waals surface area contributed by atoms with Crippen molar-refractivity contribution in [2.45, 2.75) is 6.92 Å². The molecule has 0 aromatic heterocycles. The van der Waals surface area contributed by atoms with Gasteiger partial charge in [-0.2, -0.15) is 0 Å². The minimum absolute atomic E-state index is 0.0650. The molecule has 1 rings (SSSR count). The average Bonchev–Trinajstić information content (AvgIpc) is 2.27. The summed E-state index contributed by atoms with van der Waals surface area (Å²) in [5, 5.41) is 8.73. The topological polar surface area (TPSA) is 72.8 Å². The number of benzene rings is 1. The van der Waals surface area contributed by atoms with Crippen molar-refractivity contribution >= 4 is 27.7 Å². The van der Waals surface area contributed by atoms with Gasteiger partial charge in [-0.25, -0.2) is 4.79 Å². The minimum Gasteiger partial charge on any atom is -0.493 e. The van der Waals surface area contributed by atoms with E-state index in [4.69, 9.17) is 14.6 Å². The fraction of sp³-hybridized carbons (Fsp3) is 0.273. The van der Waals surface area contributed by atoms with Crippen molar-refractivity contribution in [1.82, 2.24) is 0 Å². The normalized spacial score (nSPS) is 9.88. The van der Waals surface area contributed by atoms with Gasteiger partial charge in [-0.15, -0.1) is 0 Å². The lowest BCUT2D eigenvalue weighted by atomic mass is 10.0. The summed E-state index contributed by atoms with van der Waals surface area (Å²) >= 11 is 3.15. The zero-order valence-corrected chi connectivity index (χ0v) is 11.1. The highest BCUT2D eigenvalue weighted by Gasteiger charge is 2.24.